The van der Waals surface area contributed by atoms with Crippen LogP contribution in [0.25, 0.3) is 0 Å². The number of nitrogens with one attached hydrogen (secondary N) is 2. The monoisotopic (exact) mass is 383 g/mol. The van der Waals surface area contributed by atoms with Gasteiger partial charge in [-0.1, -0.05) is 25.0 Å². The van der Waals surface area contributed by atoms with Crippen LogP contribution in [0.1, 0.15) is 36.0 Å². The molecule has 2 aromatic carbocycles. The summed E-state index contributed by atoms with van der Waals surface area (Å²) in [5.41, 5.74) is 0.924. The van der Waals surface area contributed by atoms with Crippen LogP contribution in [0.3, 0.4) is 0 Å². The average Bonchev–Trinajstić information content (AvgIpc) is 2.70. The molecule has 1 aliphatic rings. The lowest BCUT2D eigenvalue weighted by Crippen LogP contribution is -2.42. The topological polar surface area (TPSA) is 98.3 Å². The summed E-state index contributed by atoms with van der Waals surface area (Å²) in [7, 11) is 0. The van der Waals surface area contributed by atoms with E-state index in [0.717, 1.165) is 12.8 Å². The molecule has 6 nitrogen and oxygen atoms in total. The van der Waals surface area contributed by atoms with Crippen molar-refractivity contribution in [2.45, 2.75) is 25.7 Å². The second-order valence-corrected chi connectivity index (χ2v) is 6.81. The van der Waals surface area contributed by atoms with Crippen LogP contribution in [0.2, 0.25) is 0 Å². The Bertz CT molecular complexity index is 882. The zero-order chi connectivity index (χ0) is 20.1. The summed E-state index contributed by atoms with van der Waals surface area (Å²) in [4.78, 5) is 36.6. The van der Waals surface area contributed by atoms with Gasteiger partial charge in [0, 0.05) is 23.5 Å². The van der Waals surface area contributed by atoms with E-state index in [1.165, 1.54) is 24.3 Å². The maximum absolute atomic E-state index is 13.0. The number of benzene rings is 2. The number of carbonyl (C=O) groups is 3. The van der Waals surface area contributed by atoms with E-state index in [9.17, 15) is 23.9 Å². The second kappa shape index (κ2) is 8.65. The van der Waals surface area contributed by atoms with Gasteiger partial charge >= 0.3 is 0 Å². The van der Waals surface area contributed by atoms with E-state index >= 15 is 0 Å². The van der Waals surface area contributed by atoms with Crippen LogP contribution >= 0.6 is 0 Å². The van der Waals surface area contributed by atoms with Gasteiger partial charge in [-0.05, 0) is 49.2 Å². The molecule has 0 heterocycles. The Morgan fingerprint density at radius 3 is 2.21 bits per heavy atom. The van der Waals surface area contributed by atoms with Gasteiger partial charge in [-0.3, -0.25) is 9.59 Å². The molecule has 1 saturated carbocycles. The van der Waals surface area contributed by atoms with Gasteiger partial charge in [-0.25, -0.2) is 4.39 Å². The quantitative estimate of drug-likeness (QED) is 0.829. The van der Waals surface area contributed by atoms with E-state index in [1.807, 2.05) is 0 Å². The number of amides is 2. The molecule has 0 saturated heterocycles. The molecule has 1 fully saturated rings. The van der Waals surface area contributed by atoms with Crippen molar-refractivity contribution >= 4 is 29.2 Å². The lowest BCUT2D eigenvalue weighted by Gasteiger charge is -2.31. The number of para-hydroxylation sites is 1. The summed E-state index contributed by atoms with van der Waals surface area (Å²) in [6.07, 6.45) is 2.40. The molecule has 0 aromatic heterocycles. The normalized spacial score (nSPS) is 18.9. The van der Waals surface area contributed by atoms with E-state index in [2.05, 4.69) is 10.6 Å². The van der Waals surface area contributed by atoms with Gasteiger partial charge in [-0.15, -0.1) is 0 Å². The average molecular weight is 383 g/mol. The molecule has 0 radical (unpaired) electrons. The number of anilines is 2. The molecule has 2 N–H and O–H groups in total. The number of hydrogen-bond acceptors (Lipinski definition) is 4. The number of carboxylic acids is 1. The lowest BCUT2D eigenvalue weighted by atomic mass is 9.78. The fourth-order valence-corrected chi connectivity index (χ4v) is 3.47. The molecule has 0 unspecified atom stereocenters. The molecule has 28 heavy (non-hydrogen) atoms. The standard InChI is InChI=1S/C21H21FN2O4/c22-13-9-11-14(12-10-13)23-20(26)17-7-3-4-8-18(17)24-19(25)15-5-1-2-6-16(15)21(27)28/h3-4,7-12,15-16H,1-2,5-6H2,(H,23,26)(H,24,25)(H,27,28)/p-1/t15-,16-/m1/s1. The highest BCUT2D eigenvalue weighted by Crippen LogP contribution is 2.31. The van der Waals surface area contributed by atoms with Gasteiger partial charge in [-0.2, -0.15) is 0 Å². The summed E-state index contributed by atoms with van der Waals surface area (Å²) in [5, 5.41) is 16.7. The van der Waals surface area contributed by atoms with E-state index in [4.69, 9.17) is 0 Å². The highest BCUT2D eigenvalue weighted by atomic mass is 19.1. The molecular formula is C21H20FN2O4-. The summed E-state index contributed by atoms with van der Waals surface area (Å²) in [5.74, 6) is -4.05. The molecule has 2 atom stereocenters. The third kappa shape index (κ3) is 4.54. The Balaban J connectivity index is 1.76. The van der Waals surface area contributed by atoms with Crippen molar-refractivity contribution in [2.24, 2.45) is 11.8 Å². The number of carboxylic acid groups (broad SMARTS) is 1. The van der Waals surface area contributed by atoms with E-state index in [-0.39, 0.29) is 11.3 Å². The maximum Gasteiger partial charge on any atom is 0.257 e. The van der Waals surface area contributed by atoms with Crippen LogP contribution in [0.5, 0.6) is 0 Å². The van der Waals surface area contributed by atoms with Gasteiger partial charge in [0.2, 0.25) is 5.91 Å². The van der Waals surface area contributed by atoms with Crippen molar-refractivity contribution in [3.63, 3.8) is 0 Å². The van der Waals surface area contributed by atoms with Crippen molar-refractivity contribution in [3.05, 3.63) is 59.9 Å². The molecule has 2 amide bonds. The maximum atomic E-state index is 13.0. The first kappa shape index (κ1) is 19.5. The molecule has 146 valence electrons. The Hall–Kier alpha value is -3.22. The van der Waals surface area contributed by atoms with Crippen molar-refractivity contribution in [1.82, 2.24) is 0 Å². The highest BCUT2D eigenvalue weighted by molar-refractivity contribution is 6.10. The van der Waals surface area contributed by atoms with Crippen molar-refractivity contribution < 1.29 is 23.9 Å². The van der Waals surface area contributed by atoms with Crippen LogP contribution in [0, 0.1) is 17.7 Å². The predicted octanol–water partition coefficient (Wildman–Crippen LogP) is 2.57. The zero-order valence-corrected chi connectivity index (χ0v) is 15.1. The molecule has 1 aliphatic carbocycles. The minimum Gasteiger partial charge on any atom is -0.550 e. The number of hydrogen-bond donors (Lipinski definition) is 2. The number of halogens is 1. The van der Waals surface area contributed by atoms with Crippen LogP contribution in [-0.4, -0.2) is 17.8 Å². The van der Waals surface area contributed by atoms with Crippen molar-refractivity contribution in [3.8, 4) is 0 Å². The van der Waals surface area contributed by atoms with Crippen LogP contribution in [-0.2, 0) is 9.59 Å². The fourth-order valence-electron chi connectivity index (χ4n) is 3.47. The first-order chi connectivity index (χ1) is 13.5. The van der Waals surface area contributed by atoms with Gasteiger partial charge in [0.05, 0.1) is 11.3 Å². The molecule has 0 spiro atoms. The SMILES string of the molecule is O=C(Nc1ccc(F)cc1)c1ccccc1NC(=O)[C@@H]1CCCC[C@H]1C(=O)[O-]. The second-order valence-electron chi connectivity index (χ2n) is 6.81. The fraction of sp³-hybridized carbons (Fsp3) is 0.286. The largest absolute Gasteiger partial charge is 0.550 e. The van der Waals surface area contributed by atoms with Crippen LogP contribution in [0.4, 0.5) is 15.8 Å². The summed E-state index contributed by atoms with van der Waals surface area (Å²) < 4.78 is 13.0. The molecule has 3 rings (SSSR count). The smallest absolute Gasteiger partial charge is 0.257 e. The predicted molar refractivity (Wildman–Crippen MR) is 99.9 cm³/mol. The lowest BCUT2D eigenvalue weighted by molar-refractivity contribution is -0.313. The van der Waals surface area contributed by atoms with Crippen LogP contribution < -0.4 is 15.7 Å². The van der Waals surface area contributed by atoms with E-state index < -0.39 is 35.4 Å². The Kier molecular flexibility index (Phi) is 6.03. The molecule has 0 aliphatic heterocycles. The summed E-state index contributed by atoms with van der Waals surface area (Å²) >= 11 is 0. The first-order valence-electron chi connectivity index (χ1n) is 9.13. The van der Waals surface area contributed by atoms with Crippen molar-refractivity contribution in [1.29, 1.82) is 0 Å². The number of aliphatic carboxylic acids is 1. The van der Waals surface area contributed by atoms with Gasteiger partial charge in [0.15, 0.2) is 0 Å². The molecule has 7 heteroatoms. The van der Waals surface area contributed by atoms with E-state index in [1.54, 1.807) is 24.3 Å². The first-order valence-corrected chi connectivity index (χ1v) is 9.13. The highest BCUT2D eigenvalue weighted by Gasteiger charge is 2.32. The number of carbonyl (C=O) groups excluding carboxylic acids is 3. The minimum absolute atomic E-state index is 0.223. The zero-order valence-electron chi connectivity index (χ0n) is 15.1. The molecule has 0 bridgehead atoms. The van der Waals surface area contributed by atoms with Gasteiger partial charge in [0.1, 0.15) is 5.82 Å². The molecule has 2 aromatic rings. The Morgan fingerprint density at radius 2 is 1.54 bits per heavy atom. The summed E-state index contributed by atoms with van der Waals surface area (Å²) in [6.45, 7) is 0. The Labute approximate surface area is 161 Å². The van der Waals surface area contributed by atoms with Crippen molar-refractivity contribution in [2.75, 3.05) is 10.6 Å². The number of rotatable bonds is 5. The van der Waals surface area contributed by atoms with Gasteiger partial charge < -0.3 is 20.5 Å². The van der Waals surface area contributed by atoms with E-state index in [0.29, 0.717) is 18.5 Å². The molecular weight excluding hydrogens is 363 g/mol. The minimum atomic E-state index is -1.22. The third-order valence-corrected chi connectivity index (χ3v) is 4.94. The Morgan fingerprint density at radius 1 is 0.893 bits per heavy atom. The third-order valence-electron chi connectivity index (χ3n) is 4.94. The van der Waals surface area contributed by atoms with Crippen LogP contribution in [0.15, 0.2) is 48.5 Å². The van der Waals surface area contributed by atoms with Gasteiger partial charge in [0.25, 0.3) is 5.91 Å². The summed E-state index contributed by atoms with van der Waals surface area (Å²) in [6, 6.07) is 11.8.